The van der Waals surface area contributed by atoms with Gasteiger partial charge >= 0.3 is 0 Å². The van der Waals surface area contributed by atoms with Gasteiger partial charge in [0.15, 0.2) is 6.04 Å². The molecule has 1 amide bonds. The number of quaternary nitrogens is 2. The second kappa shape index (κ2) is 9.85. The number of para-hydroxylation sites is 1. The zero-order valence-corrected chi connectivity index (χ0v) is 17.6. The first-order chi connectivity index (χ1) is 14.0. The van der Waals surface area contributed by atoms with Crippen LogP contribution in [0.1, 0.15) is 19.4 Å². The van der Waals surface area contributed by atoms with Gasteiger partial charge in [-0.05, 0) is 44.2 Å². The molecule has 0 bridgehead atoms. The second-order valence-electron chi connectivity index (χ2n) is 7.68. The molecule has 29 heavy (non-hydrogen) atoms. The molecule has 1 atom stereocenters. The van der Waals surface area contributed by atoms with Crippen molar-refractivity contribution < 1.29 is 23.7 Å². The van der Waals surface area contributed by atoms with Crippen LogP contribution in [0.3, 0.4) is 0 Å². The number of amides is 1. The highest BCUT2D eigenvalue weighted by atomic mass is 19.1. The van der Waals surface area contributed by atoms with Gasteiger partial charge in [-0.15, -0.1) is 0 Å². The Balaban J connectivity index is 1.58. The molecule has 2 N–H and O–H groups in total. The molecule has 0 aliphatic carbocycles. The van der Waals surface area contributed by atoms with E-state index in [0.29, 0.717) is 6.54 Å². The first-order valence-electron chi connectivity index (χ1n) is 10.4. The molecule has 0 radical (unpaired) electrons. The maximum atomic E-state index is 13.6. The van der Waals surface area contributed by atoms with Gasteiger partial charge in [0.25, 0.3) is 5.91 Å². The lowest BCUT2D eigenvalue weighted by atomic mass is 10.1. The van der Waals surface area contributed by atoms with Crippen LogP contribution in [0, 0.1) is 5.82 Å². The van der Waals surface area contributed by atoms with Crippen molar-refractivity contribution in [1.29, 1.82) is 0 Å². The number of hydrogen-bond donors (Lipinski definition) is 2. The summed E-state index contributed by atoms with van der Waals surface area (Å²) in [5, 5.41) is 0. The molecule has 0 unspecified atom stereocenters. The molecule has 1 heterocycles. The number of methoxy groups -OCH3 is 1. The molecule has 156 valence electrons. The Labute approximate surface area is 172 Å². The summed E-state index contributed by atoms with van der Waals surface area (Å²) >= 11 is 0. The molecule has 1 saturated heterocycles. The van der Waals surface area contributed by atoms with Crippen molar-refractivity contribution >= 4 is 11.6 Å². The predicted molar refractivity (Wildman–Crippen MR) is 112 cm³/mol. The van der Waals surface area contributed by atoms with Crippen LogP contribution >= 0.6 is 0 Å². The average Bonchev–Trinajstić information content (AvgIpc) is 2.75. The van der Waals surface area contributed by atoms with E-state index in [1.54, 1.807) is 19.2 Å². The Morgan fingerprint density at radius 3 is 2.45 bits per heavy atom. The van der Waals surface area contributed by atoms with Crippen LogP contribution in [0.4, 0.5) is 10.1 Å². The van der Waals surface area contributed by atoms with Crippen molar-refractivity contribution in [1.82, 2.24) is 0 Å². The molecule has 5 nitrogen and oxygen atoms in total. The highest BCUT2D eigenvalue weighted by molar-refractivity contribution is 5.96. The van der Waals surface area contributed by atoms with Crippen molar-refractivity contribution in [3.05, 3.63) is 59.9 Å². The van der Waals surface area contributed by atoms with Crippen LogP contribution in [-0.4, -0.2) is 51.8 Å². The summed E-state index contributed by atoms with van der Waals surface area (Å²) in [5.74, 6) is 0.673. The summed E-state index contributed by atoms with van der Waals surface area (Å²) in [4.78, 5) is 17.7. The highest BCUT2D eigenvalue weighted by Crippen LogP contribution is 2.18. The Morgan fingerprint density at radius 1 is 1.14 bits per heavy atom. The van der Waals surface area contributed by atoms with Gasteiger partial charge in [0, 0.05) is 12.2 Å². The standard InChI is InChI=1S/C23H30FN3O2/c1-4-27(21-8-6-5-7-9-21)23(28)18(2)26-14-12-25(13-15-26)17-19-16-20(24)10-11-22(19)29-3/h5-11,16,18H,4,12-15,17H2,1-3H3/p+2/t18-/m1/s1. The normalized spacial score (nSPS) is 20.1. The summed E-state index contributed by atoms with van der Waals surface area (Å²) in [7, 11) is 1.62. The van der Waals surface area contributed by atoms with E-state index in [2.05, 4.69) is 0 Å². The largest absolute Gasteiger partial charge is 0.496 e. The number of benzene rings is 2. The number of halogens is 1. The van der Waals surface area contributed by atoms with Gasteiger partial charge in [0.1, 0.15) is 44.3 Å². The minimum atomic E-state index is -0.232. The third-order valence-electron chi connectivity index (χ3n) is 5.92. The van der Waals surface area contributed by atoms with Crippen molar-refractivity contribution in [3.8, 4) is 5.75 Å². The Kier molecular flexibility index (Phi) is 7.23. The summed E-state index contributed by atoms with van der Waals surface area (Å²) in [5.41, 5.74) is 1.85. The topological polar surface area (TPSA) is 38.4 Å². The number of anilines is 1. The maximum absolute atomic E-state index is 13.6. The minimum absolute atomic E-state index is 0.0830. The van der Waals surface area contributed by atoms with E-state index in [0.717, 1.165) is 49.7 Å². The van der Waals surface area contributed by atoms with E-state index in [1.807, 2.05) is 49.1 Å². The lowest BCUT2D eigenvalue weighted by molar-refractivity contribution is -1.02. The van der Waals surface area contributed by atoms with Crippen LogP contribution in [0.2, 0.25) is 0 Å². The number of carbonyl (C=O) groups excluding carboxylic acids is 1. The monoisotopic (exact) mass is 401 g/mol. The van der Waals surface area contributed by atoms with Gasteiger partial charge in [-0.25, -0.2) is 4.39 Å². The van der Waals surface area contributed by atoms with Crippen molar-refractivity contribution in [2.75, 3.05) is 44.7 Å². The first kappa shape index (κ1) is 21.3. The number of likely N-dealkylation sites (N-methyl/N-ethyl adjacent to an activating group) is 1. The van der Waals surface area contributed by atoms with Crippen molar-refractivity contribution in [2.45, 2.75) is 26.4 Å². The molecule has 1 fully saturated rings. The minimum Gasteiger partial charge on any atom is -0.496 e. The number of nitrogens with one attached hydrogen (secondary N) is 2. The smallest absolute Gasteiger partial charge is 0.284 e. The second-order valence-corrected chi connectivity index (χ2v) is 7.68. The van der Waals surface area contributed by atoms with E-state index in [1.165, 1.54) is 15.9 Å². The molecular weight excluding hydrogens is 369 g/mol. The summed E-state index contributed by atoms with van der Waals surface area (Å²) < 4.78 is 19.0. The molecule has 0 spiro atoms. The van der Waals surface area contributed by atoms with Crippen molar-refractivity contribution in [3.63, 3.8) is 0 Å². The van der Waals surface area contributed by atoms with E-state index in [4.69, 9.17) is 4.74 Å². The number of rotatable bonds is 7. The third kappa shape index (κ3) is 5.14. The van der Waals surface area contributed by atoms with Crippen LogP contribution in [0.25, 0.3) is 0 Å². The number of nitrogens with zero attached hydrogens (tertiary/aromatic N) is 1. The summed E-state index contributed by atoms with van der Waals surface area (Å²) in [6.07, 6.45) is 0. The molecule has 3 rings (SSSR count). The van der Waals surface area contributed by atoms with Gasteiger partial charge in [-0.2, -0.15) is 0 Å². The molecular formula is C23H32FN3O2+2. The lowest BCUT2D eigenvalue weighted by Crippen LogP contribution is -3.29. The van der Waals surface area contributed by atoms with Crippen LogP contribution in [0.5, 0.6) is 5.75 Å². The quantitative estimate of drug-likeness (QED) is 0.712. The molecule has 2 aromatic rings. The van der Waals surface area contributed by atoms with Gasteiger partial charge in [0.2, 0.25) is 0 Å². The number of hydrogen-bond acceptors (Lipinski definition) is 2. The first-order valence-corrected chi connectivity index (χ1v) is 10.4. The SMILES string of the molecule is CCN(C(=O)[C@@H](C)[NH+]1CC[NH+](Cc2cc(F)ccc2OC)CC1)c1ccccc1. The molecule has 1 aliphatic rings. The lowest BCUT2D eigenvalue weighted by Gasteiger charge is -2.34. The number of piperazine rings is 1. The maximum Gasteiger partial charge on any atom is 0.284 e. The Bertz CT molecular complexity index is 807. The average molecular weight is 402 g/mol. The molecule has 0 saturated carbocycles. The van der Waals surface area contributed by atoms with Gasteiger partial charge in [-0.3, -0.25) is 4.79 Å². The van der Waals surface area contributed by atoms with Crippen LogP contribution in [0.15, 0.2) is 48.5 Å². The molecule has 2 aromatic carbocycles. The third-order valence-corrected chi connectivity index (χ3v) is 5.92. The summed E-state index contributed by atoms with van der Waals surface area (Å²) in [6.45, 7) is 9.19. The van der Waals surface area contributed by atoms with Gasteiger partial charge in [0.05, 0.1) is 12.7 Å². The van der Waals surface area contributed by atoms with E-state index < -0.39 is 0 Å². The Morgan fingerprint density at radius 2 is 1.83 bits per heavy atom. The number of ether oxygens (including phenoxy) is 1. The summed E-state index contributed by atoms with van der Waals surface area (Å²) in [6, 6.07) is 14.5. The van der Waals surface area contributed by atoms with Crippen LogP contribution in [-0.2, 0) is 11.3 Å². The van der Waals surface area contributed by atoms with Gasteiger partial charge < -0.3 is 19.4 Å². The zero-order valence-electron chi connectivity index (χ0n) is 17.6. The van der Waals surface area contributed by atoms with E-state index in [9.17, 15) is 9.18 Å². The zero-order chi connectivity index (χ0) is 20.8. The van der Waals surface area contributed by atoms with Gasteiger partial charge in [-0.1, -0.05) is 18.2 Å². The van der Waals surface area contributed by atoms with E-state index >= 15 is 0 Å². The fourth-order valence-electron chi connectivity index (χ4n) is 4.17. The molecule has 6 heteroatoms. The van der Waals surface area contributed by atoms with Crippen LogP contribution < -0.4 is 19.4 Å². The fourth-order valence-corrected chi connectivity index (χ4v) is 4.17. The predicted octanol–water partition coefficient (Wildman–Crippen LogP) is 0.559. The van der Waals surface area contributed by atoms with E-state index in [-0.39, 0.29) is 17.8 Å². The molecule has 0 aromatic heterocycles. The highest BCUT2D eigenvalue weighted by Gasteiger charge is 2.33. The molecule has 1 aliphatic heterocycles. The fraction of sp³-hybridized carbons (Fsp3) is 0.435. The Hall–Kier alpha value is -2.44. The number of carbonyl (C=O) groups is 1. The van der Waals surface area contributed by atoms with Crippen molar-refractivity contribution in [2.24, 2.45) is 0 Å².